The van der Waals surface area contributed by atoms with Crippen LogP contribution < -0.4 is 5.90 Å². The van der Waals surface area contributed by atoms with Crippen LogP contribution >= 0.6 is 0 Å². The molecule has 0 bridgehead atoms. The average molecular weight is 117 g/mol. The van der Waals surface area contributed by atoms with Crippen molar-refractivity contribution >= 4 is 0 Å². The normalized spacial score (nSPS) is 30.0. The average Bonchev–Trinajstić information content (AvgIpc) is 2.45. The largest absolute Gasteiger partial charge is 0.373 e. The Labute approximate surface area is 48.7 Å². The Balaban J connectivity index is 2.03. The van der Waals surface area contributed by atoms with Crippen molar-refractivity contribution < 1.29 is 9.57 Å². The fourth-order valence-corrected chi connectivity index (χ4v) is 0.643. The van der Waals surface area contributed by atoms with Crippen molar-refractivity contribution in [3.05, 3.63) is 0 Å². The fraction of sp³-hybridized carbons (Fsp3) is 1.00. The smallest absolute Gasteiger partial charge is 0.0858 e. The molecule has 0 amide bonds. The second-order valence-electron chi connectivity index (χ2n) is 2.18. The van der Waals surface area contributed by atoms with Crippen LogP contribution in [0.15, 0.2) is 0 Å². The van der Waals surface area contributed by atoms with Gasteiger partial charge in [0.05, 0.1) is 19.3 Å². The minimum atomic E-state index is 0.415. The first-order valence-corrected chi connectivity index (χ1v) is 2.78. The number of ether oxygens (including phenoxy) is 1. The van der Waals surface area contributed by atoms with Crippen LogP contribution in [0.25, 0.3) is 0 Å². The molecule has 1 rings (SSSR count). The summed E-state index contributed by atoms with van der Waals surface area (Å²) in [5.41, 5.74) is 0. The Hall–Kier alpha value is -0.120. The second-order valence-corrected chi connectivity index (χ2v) is 2.18. The van der Waals surface area contributed by atoms with E-state index in [0.717, 1.165) is 6.61 Å². The maximum absolute atomic E-state index is 4.99. The molecule has 3 nitrogen and oxygen atoms in total. The van der Waals surface area contributed by atoms with Gasteiger partial charge in [-0.15, -0.1) is 0 Å². The topological polar surface area (TPSA) is 47.8 Å². The van der Waals surface area contributed by atoms with Crippen LogP contribution in [-0.4, -0.2) is 19.3 Å². The molecule has 1 aliphatic heterocycles. The van der Waals surface area contributed by atoms with E-state index in [0.29, 0.717) is 18.6 Å². The monoisotopic (exact) mass is 117 g/mol. The van der Waals surface area contributed by atoms with E-state index in [-0.39, 0.29) is 0 Å². The first-order chi connectivity index (χ1) is 3.84. The molecule has 1 heterocycles. The lowest BCUT2D eigenvalue weighted by Gasteiger charge is -2.02. The zero-order valence-corrected chi connectivity index (χ0v) is 4.96. The van der Waals surface area contributed by atoms with Crippen LogP contribution in [0.2, 0.25) is 0 Å². The predicted octanol–water partition coefficient (Wildman–Crippen LogP) is -0.0884. The molecule has 0 aromatic heterocycles. The second kappa shape index (κ2) is 2.44. The number of epoxide rings is 1. The van der Waals surface area contributed by atoms with Gasteiger partial charge in [0.15, 0.2) is 0 Å². The van der Waals surface area contributed by atoms with Crippen molar-refractivity contribution in [3.8, 4) is 0 Å². The van der Waals surface area contributed by atoms with Gasteiger partial charge in [-0.25, -0.2) is 5.90 Å². The van der Waals surface area contributed by atoms with Gasteiger partial charge < -0.3 is 9.57 Å². The maximum atomic E-state index is 4.99. The molecule has 0 aliphatic carbocycles. The van der Waals surface area contributed by atoms with Crippen LogP contribution in [0.3, 0.4) is 0 Å². The molecule has 1 saturated heterocycles. The van der Waals surface area contributed by atoms with Crippen molar-refractivity contribution in [1.29, 1.82) is 0 Å². The zero-order chi connectivity index (χ0) is 5.98. The third-order valence-electron chi connectivity index (χ3n) is 1.35. The van der Waals surface area contributed by atoms with Gasteiger partial charge in [-0.1, -0.05) is 6.92 Å². The van der Waals surface area contributed by atoms with Crippen LogP contribution in [-0.2, 0) is 9.57 Å². The van der Waals surface area contributed by atoms with E-state index in [1.807, 2.05) is 0 Å². The molecule has 0 aromatic rings. The van der Waals surface area contributed by atoms with Crippen LogP contribution in [0.4, 0.5) is 0 Å². The molecule has 0 saturated carbocycles. The first-order valence-electron chi connectivity index (χ1n) is 2.78. The molecular weight excluding hydrogens is 106 g/mol. The van der Waals surface area contributed by atoms with E-state index in [1.165, 1.54) is 0 Å². The summed E-state index contributed by atoms with van der Waals surface area (Å²) in [4.78, 5) is 4.42. The van der Waals surface area contributed by atoms with E-state index >= 15 is 0 Å². The molecule has 0 radical (unpaired) electrons. The molecule has 1 aliphatic rings. The minimum absolute atomic E-state index is 0.415. The van der Waals surface area contributed by atoms with Crippen molar-refractivity contribution in [2.24, 2.45) is 11.8 Å². The molecule has 0 aromatic carbocycles. The third-order valence-corrected chi connectivity index (χ3v) is 1.35. The molecular formula is C5H11NO2. The van der Waals surface area contributed by atoms with E-state index in [1.54, 1.807) is 0 Å². The Morgan fingerprint density at radius 3 is 3.00 bits per heavy atom. The van der Waals surface area contributed by atoms with Crippen LogP contribution in [0, 0.1) is 5.92 Å². The number of rotatable bonds is 3. The summed E-state index contributed by atoms with van der Waals surface area (Å²) in [5, 5.41) is 0. The van der Waals surface area contributed by atoms with Crippen molar-refractivity contribution in [2.75, 3.05) is 13.2 Å². The molecule has 2 atom stereocenters. The number of nitrogens with two attached hydrogens (primary N) is 1. The van der Waals surface area contributed by atoms with Gasteiger partial charge in [-0.2, -0.15) is 0 Å². The zero-order valence-electron chi connectivity index (χ0n) is 4.96. The van der Waals surface area contributed by atoms with Gasteiger partial charge in [0.1, 0.15) is 0 Å². The van der Waals surface area contributed by atoms with Crippen molar-refractivity contribution in [3.63, 3.8) is 0 Å². The van der Waals surface area contributed by atoms with Crippen molar-refractivity contribution in [2.45, 2.75) is 13.0 Å². The van der Waals surface area contributed by atoms with E-state index in [4.69, 9.17) is 10.6 Å². The molecule has 48 valence electrons. The Bertz CT molecular complexity index is 72.8. The molecule has 1 fully saturated rings. The highest BCUT2D eigenvalue weighted by molar-refractivity contribution is 4.74. The van der Waals surface area contributed by atoms with Crippen molar-refractivity contribution in [1.82, 2.24) is 0 Å². The Kier molecular flexibility index (Phi) is 1.83. The molecule has 2 unspecified atom stereocenters. The maximum Gasteiger partial charge on any atom is 0.0858 e. The van der Waals surface area contributed by atoms with Gasteiger partial charge in [0.25, 0.3) is 0 Å². The molecule has 3 heteroatoms. The summed E-state index contributed by atoms with van der Waals surface area (Å²) < 4.78 is 4.99. The van der Waals surface area contributed by atoms with E-state index in [9.17, 15) is 0 Å². The summed E-state index contributed by atoms with van der Waals surface area (Å²) in [6, 6.07) is 0. The van der Waals surface area contributed by atoms with E-state index < -0.39 is 0 Å². The van der Waals surface area contributed by atoms with Crippen LogP contribution in [0.1, 0.15) is 6.92 Å². The van der Waals surface area contributed by atoms with Crippen LogP contribution in [0.5, 0.6) is 0 Å². The lowest BCUT2D eigenvalue weighted by Crippen LogP contribution is -2.14. The quantitative estimate of drug-likeness (QED) is 0.415. The highest BCUT2D eigenvalue weighted by atomic mass is 16.6. The summed E-state index contributed by atoms with van der Waals surface area (Å²) in [7, 11) is 0. The standard InChI is InChI=1S/C5H11NO2/c1-4(2-8-6)5-3-7-5/h4-5H,2-3,6H2,1H3. The lowest BCUT2D eigenvalue weighted by molar-refractivity contribution is 0.0958. The first kappa shape index (κ1) is 6.01. The Morgan fingerprint density at radius 1 is 2.00 bits per heavy atom. The highest BCUT2D eigenvalue weighted by Gasteiger charge is 2.28. The number of hydrogen-bond donors (Lipinski definition) is 1. The molecule has 2 N–H and O–H groups in total. The molecule has 0 spiro atoms. The lowest BCUT2D eigenvalue weighted by atomic mass is 10.1. The minimum Gasteiger partial charge on any atom is -0.373 e. The molecule has 8 heavy (non-hydrogen) atoms. The SMILES string of the molecule is CC(CON)C1CO1. The summed E-state index contributed by atoms with van der Waals surface area (Å²) in [5.74, 6) is 5.30. The van der Waals surface area contributed by atoms with E-state index in [2.05, 4.69) is 11.8 Å². The summed E-state index contributed by atoms with van der Waals surface area (Å²) >= 11 is 0. The summed E-state index contributed by atoms with van der Waals surface area (Å²) in [6.07, 6.45) is 0.415. The highest BCUT2D eigenvalue weighted by Crippen LogP contribution is 2.18. The van der Waals surface area contributed by atoms with Gasteiger partial charge in [0.2, 0.25) is 0 Å². The van der Waals surface area contributed by atoms with Gasteiger partial charge >= 0.3 is 0 Å². The van der Waals surface area contributed by atoms with Gasteiger partial charge in [-0.05, 0) is 0 Å². The third kappa shape index (κ3) is 1.43. The van der Waals surface area contributed by atoms with Gasteiger partial charge in [-0.3, -0.25) is 0 Å². The summed E-state index contributed by atoms with van der Waals surface area (Å²) in [6.45, 7) is 3.54. The Morgan fingerprint density at radius 2 is 2.62 bits per heavy atom. The predicted molar refractivity (Wildman–Crippen MR) is 29.0 cm³/mol. The van der Waals surface area contributed by atoms with Gasteiger partial charge in [0, 0.05) is 5.92 Å². The fourth-order valence-electron chi connectivity index (χ4n) is 0.643. The number of hydrogen-bond acceptors (Lipinski definition) is 3.